The molecule has 7 heteroatoms. The predicted molar refractivity (Wildman–Crippen MR) is 95.0 cm³/mol. The van der Waals surface area contributed by atoms with Gasteiger partial charge in [0, 0.05) is 20.3 Å². The summed E-state index contributed by atoms with van der Waals surface area (Å²) >= 11 is 0. The minimum Gasteiger partial charge on any atom is -0.482 e. The lowest BCUT2D eigenvalue weighted by molar-refractivity contribution is -0.118. The van der Waals surface area contributed by atoms with Gasteiger partial charge in [0.1, 0.15) is 11.6 Å². The topological polar surface area (TPSA) is 83.6 Å². The number of carbonyl (C=O) groups excluding carboxylic acids is 2. The van der Waals surface area contributed by atoms with Crippen LogP contribution in [0.25, 0.3) is 0 Å². The van der Waals surface area contributed by atoms with Crippen LogP contribution < -0.4 is 20.3 Å². The summed E-state index contributed by atoms with van der Waals surface area (Å²) < 4.78 is 5.34. The van der Waals surface area contributed by atoms with Gasteiger partial charge in [-0.1, -0.05) is 6.07 Å². The Morgan fingerprint density at radius 2 is 2.12 bits per heavy atom. The van der Waals surface area contributed by atoms with Crippen molar-refractivity contribution in [3.63, 3.8) is 0 Å². The highest BCUT2D eigenvalue weighted by Gasteiger charge is 2.18. The van der Waals surface area contributed by atoms with Crippen molar-refractivity contribution in [2.75, 3.05) is 30.9 Å². The molecule has 1 aromatic carbocycles. The van der Waals surface area contributed by atoms with Crippen LogP contribution in [0.1, 0.15) is 28.9 Å². The summed E-state index contributed by atoms with van der Waals surface area (Å²) in [5, 5.41) is 5.70. The largest absolute Gasteiger partial charge is 0.482 e. The summed E-state index contributed by atoms with van der Waals surface area (Å²) in [6, 6.07) is 8.78. The fraction of sp³-hybridized carbons (Fsp3) is 0.278. The van der Waals surface area contributed by atoms with Crippen molar-refractivity contribution in [3.8, 4) is 5.75 Å². The molecule has 2 N–H and O–H groups in total. The van der Waals surface area contributed by atoms with Gasteiger partial charge in [-0.2, -0.15) is 0 Å². The minimum absolute atomic E-state index is 0.0224. The van der Waals surface area contributed by atoms with Gasteiger partial charge in [0.2, 0.25) is 0 Å². The molecule has 1 aromatic heterocycles. The van der Waals surface area contributed by atoms with E-state index in [2.05, 4.69) is 15.6 Å². The molecule has 0 saturated carbocycles. The molecule has 0 unspecified atom stereocenters. The number of fused-ring (bicyclic) bond motifs is 1. The standard InChI is InChI=1S/C18H20N4O3/c1-11(12-4-6-15-14(8-12)21-17(23)10-25-15)20-18(24)13-5-7-16(19-9-13)22(2)3/h4-9,11H,10H2,1-3H3,(H,20,24)(H,21,23)/t11-/m1/s1. The van der Waals surface area contributed by atoms with Crippen LogP contribution in [-0.2, 0) is 4.79 Å². The van der Waals surface area contributed by atoms with Gasteiger partial charge >= 0.3 is 0 Å². The molecule has 1 atom stereocenters. The van der Waals surface area contributed by atoms with Gasteiger partial charge in [-0.25, -0.2) is 4.98 Å². The van der Waals surface area contributed by atoms with E-state index in [1.54, 1.807) is 24.4 Å². The summed E-state index contributed by atoms with van der Waals surface area (Å²) in [6.45, 7) is 1.90. The van der Waals surface area contributed by atoms with Crippen molar-refractivity contribution >= 4 is 23.3 Å². The van der Waals surface area contributed by atoms with Gasteiger partial charge in [0.25, 0.3) is 11.8 Å². The van der Waals surface area contributed by atoms with Gasteiger partial charge in [-0.3, -0.25) is 9.59 Å². The summed E-state index contributed by atoms with van der Waals surface area (Å²) in [6.07, 6.45) is 1.55. The molecule has 0 radical (unpaired) electrons. The number of pyridine rings is 1. The summed E-state index contributed by atoms with van der Waals surface area (Å²) in [5.74, 6) is 1.03. The number of carbonyl (C=O) groups is 2. The van der Waals surface area contributed by atoms with Gasteiger partial charge in [-0.05, 0) is 36.8 Å². The highest BCUT2D eigenvalue weighted by Crippen LogP contribution is 2.30. The first-order valence-electron chi connectivity index (χ1n) is 7.95. The maximum Gasteiger partial charge on any atom is 0.262 e. The number of nitrogens with one attached hydrogen (secondary N) is 2. The molecule has 130 valence electrons. The van der Waals surface area contributed by atoms with E-state index in [1.165, 1.54) is 0 Å². The maximum absolute atomic E-state index is 12.4. The molecule has 0 bridgehead atoms. The number of amides is 2. The molecule has 0 saturated heterocycles. The van der Waals surface area contributed by atoms with Crippen LogP contribution in [0, 0.1) is 0 Å². The second-order valence-corrected chi connectivity index (χ2v) is 6.09. The molecule has 7 nitrogen and oxygen atoms in total. The molecule has 2 heterocycles. The summed E-state index contributed by atoms with van der Waals surface area (Å²) in [7, 11) is 3.78. The van der Waals surface area contributed by atoms with E-state index in [4.69, 9.17) is 4.74 Å². The Morgan fingerprint density at radius 3 is 2.80 bits per heavy atom. The van der Waals surface area contributed by atoms with Crippen LogP contribution in [0.2, 0.25) is 0 Å². The molecule has 0 fully saturated rings. The van der Waals surface area contributed by atoms with Gasteiger partial charge in [0.15, 0.2) is 6.61 Å². The zero-order valence-corrected chi connectivity index (χ0v) is 14.4. The summed E-state index contributed by atoms with van der Waals surface area (Å²) in [5.41, 5.74) is 1.98. The number of benzene rings is 1. The first-order chi connectivity index (χ1) is 11.9. The van der Waals surface area contributed by atoms with Crippen LogP contribution in [0.15, 0.2) is 36.5 Å². The average molecular weight is 340 g/mol. The lowest BCUT2D eigenvalue weighted by Crippen LogP contribution is -2.28. The van der Waals surface area contributed by atoms with E-state index in [0.717, 1.165) is 11.4 Å². The van der Waals surface area contributed by atoms with Crippen LogP contribution in [0.5, 0.6) is 5.75 Å². The lowest BCUT2D eigenvalue weighted by Gasteiger charge is -2.21. The number of aromatic nitrogens is 1. The fourth-order valence-corrected chi connectivity index (χ4v) is 2.52. The van der Waals surface area contributed by atoms with Crippen molar-refractivity contribution in [2.24, 2.45) is 0 Å². The fourth-order valence-electron chi connectivity index (χ4n) is 2.52. The highest BCUT2D eigenvalue weighted by molar-refractivity contribution is 5.96. The van der Waals surface area contributed by atoms with Crippen molar-refractivity contribution < 1.29 is 14.3 Å². The number of hydrogen-bond donors (Lipinski definition) is 2. The van der Waals surface area contributed by atoms with Crippen LogP contribution >= 0.6 is 0 Å². The van der Waals surface area contributed by atoms with Crippen molar-refractivity contribution in [3.05, 3.63) is 47.7 Å². The molecule has 1 aliphatic heterocycles. The van der Waals surface area contributed by atoms with E-state index in [1.807, 2.05) is 38.1 Å². The number of ether oxygens (including phenoxy) is 1. The van der Waals surface area contributed by atoms with Gasteiger partial charge in [0.05, 0.1) is 17.3 Å². The third-order valence-corrected chi connectivity index (χ3v) is 3.95. The van der Waals surface area contributed by atoms with Gasteiger partial charge < -0.3 is 20.3 Å². The normalized spacial score (nSPS) is 14.0. The van der Waals surface area contributed by atoms with Crippen LogP contribution in [0.4, 0.5) is 11.5 Å². The molecule has 25 heavy (non-hydrogen) atoms. The third-order valence-electron chi connectivity index (χ3n) is 3.95. The molecule has 1 aliphatic rings. The average Bonchev–Trinajstić information content (AvgIpc) is 2.61. The molecule has 0 spiro atoms. The van der Waals surface area contributed by atoms with E-state index in [0.29, 0.717) is 17.0 Å². The number of rotatable bonds is 4. The van der Waals surface area contributed by atoms with Crippen LogP contribution in [0.3, 0.4) is 0 Å². The Labute approximate surface area is 146 Å². The second kappa shape index (κ2) is 6.80. The molecular weight excluding hydrogens is 320 g/mol. The first kappa shape index (κ1) is 16.8. The quantitative estimate of drug-likeness (QED) is 0.889. The highest BCUT2D eigenvalue weighted by atomic mass is 16.5. The smallest absolute Gasteiger partial charge is 0.262 e. The Hall–Kier alpha value is -3.09. The Morgan fingerprint density at radius 1 is 1.32 bits per heavy atom. The van der Waals surface area contributed by atoms with Crippen molar-refractivity contribution in [2.45, 2.75) is 13.0 Å². The Balaban J connectivity index is 1.71. The Bertz CT molecular complexity index is 802. The van der Waals surface area contributed by atoms with E-state index >= 15 is 0 Å². The number of anilines is 2. The SMILES string of the molecule is C[C@@H](NC(=O)c1ccc(N(C)C)nc1)c1ccc2c(c1)NC(=O)CO2. The zero-order valence-electron chi connectivity index (χ0n) is 14.4. The van der Waals surface area contributed by atoms with Crippen molar-refractivity contribution in [1.29, 1.82) is 0 Å². The molecular formula is C18H20N4O3. The molecule has 2 aromatic rings. The molecule has 2 amide bonds. The van der Waals surface area contributed by atoms with E-state index in [9.17, 15) is 9.59 Å². The monoisotopic (exact) mass is 340 g/mol. The van der Waals surface area contributed by atoms with Gasteiger partial charge in [-0.15, -0.1) is 0 Å². The minimum atomic E-state index is -0.231. The molecule has 0 aliphatic carbocycles. The second-order valence-electron chi connectivity index (χ2n) is 6.09. The van der Waals surface area contributed by atoms with Crippen LogP contribution in [-0.4, -0.2) is 37.5 Å². The summed E-state index contributed by atoms with van der Waals surface area (Å²) in [4.78, 5) is 29.9. The molecule has 3 rings (SSSR count). The lowest BCUT2D eigenvalue weighted by atomic mass is 10.1. The first-order valence-corrected chi connectivity index (χ1v) is 7.95. The maximum atomic E-state index is 12.4. The number of hydrogen-bond acceptors (Lipinski definition) is 5. The van der Waals surface area contributed by atoms with E-state index < -0.39 is 0 Å². The predicted octanol–water partition coefficient (Wildman–Crippen LogP) is 1.97. The number of nitrogens with zero attached hydrogens (tertiary/aromatic N) is 2. The zero-order chi connectivity index (χ0) is 18.0. The van der Waals surface area contributed by atoms with Crippen molar-refractivity contribution in [1.82, 2.24) is 10.3 Å². The third kappa shape index (κ3) is 3.71. The van der Waals surface area contributed by atoms with E-state index in [-0.39, 0.29) is 24.5 Å². The Kier molecular flexibility index (Phi) is 4.56.